The SMILES string of the molecule is Cn1cc(S(=O)(=O)NCc2cscn2)cc1CN. The zero-order chi connectivity index (χ0) is 13.2. The number of sulfonamides is 1. The molecule has 0 radical (unpaired) electrons. The molecule has 0 fully saturated rings. The first-order chi connectivity index (χ1) is 8.53. The fourth-order valence-corrected chi connectivity index (χ4v) is 3.16. The molecule has 0 unspecified atom stereocenters. The third kappa shape index (κ3) is 2.78. The maximum atomic E-state index is 12.0. The smallest absolute Gasteiger partial charge is 0.242 e. The standard InChI is InChI=1S/C10H14N4O2S2/c1-14-5-10(2-9(14)3-11)18(15,16)13-4-8-6-17-7-12-8/h2,5-7,13H,3-4,11H2,1H3. The van der Waals surface area contributed by atoms with E-state index in [2.05, 4.69) is 9.71 Å². The van der Waals surface area contributed by atoms with E-state index in [9.17, 15) is 8.42 Å². The first kappa shape index (κ1) is 13.2. The molecule has 0 amide bonds. The van der Waals surface area contributed by atoms with Crippen molar-refractivity contribution in [3.05, 3.63) is 34.5 Å². The molecular formula is C10H14N4O2S2. The van der Waals surface area contributed by atoms with Gasteiger partial charge < -0.3 is 10.3 Å². The molecule has 0 atom stereocenters. The molecule has 0 saturated carbocycles. The van der Waals surface area contributed by atoms with Crippen LogP contribution in [0, 0.1) is 0 Å². The molecule has 8 heteroatoms. The Balaban J connectivity index is 2.14. The van der Waals surface area contributed by atoms with Crippen LogP contribution in [0.25, 0.3) is 0 Å². The minimum atomic E-state index is -3.51. The van der Waals surface area contributed by atoms with Crippen LogP contribution in [0.3, 0.4) is 0 Å². The van der Waals surface area contributed by atoms with Crippen molar-refractivity contribution >= 4 is 21.4 Å². The van der Waals surface area contributed by atoms with Crippen LogP contribution < -0.4 is 10.5 Å². The quantitative estimate of drug-likeness (QED) is 0.833. The maximum Gasteiger partial charge on any atom is 0.242 e. The van der Waals surface area contributed by atoms with Gasteiger partial charge in [0.15, 0.2) is 0 Å². The number of hydrogen-bond acceptors (Lipinski definition) is 5. The van der Waals surface area contributed by atoms with Gasteiger partial charge in [-0.2, -0.15) is 0 Å². The Bertz CT molecular complexity index is 616. The normalized spacial score (nSPS) is 11.9. The molecule has 18 heavy (non-hydrogen) atoms. The van der Waals surface area contributed by atoms with Gasteiger partial charge in [-0.3, -0.25) is 0 Å². The minimum Gasteiger partial charge on any atom is -0.352 e. The summed E-state index contributed by atoms with van der Waals surface area (Å²) in [7, 11) is -1.74. The summed E-state index contributed by atoms with van der Waals surface area (Å²) in [5, 5.41) is 1.80. The lowest BCUT2D eigenvalue weighted by Gasteiger charge is -2.02. The number of aryl methyl sites for hydroxylation is 1. The number of thiazole rings is 1. The van der Waals surface area contributed by atoms with Gasteiger partial charge in [-0.05, 0) is 6.07 Å². The summed E-state index contributed by atoms with van der Waals surface area (Å²) in [5.74, 6) is 0. The van der Waals surface area contributed by atoms with Crippen molar-refractivity contribution in [3.8, 4) is 0 Å². The molecule has 0 aliphatic rings. The highest BCUT2D eigenvalue weighted by molar-refractivity contribution is 7.89. The van der Waals surface area contributed by atoms with Crippen LogP contribution in [0.1, 0.15) is 11.4 Å². The van der Waals surface area contributed by atoms with Gasteiger partial charge >= 0.3 is 0 Å². The molecule has 2 aromatic heterocycles. The first-order valence-electron chi connectivity index (χ1n) is 5.25. The molecule has 2 aromatic rings. The van der Waals surface area contributed by atoms with Crippen LogP contribution in [0.15, 0.2) is 28.0 Å². The van der Waals surface area contributed by atoms with Crippen LogP contribution in [-0.4, -0.2) is 18.0 Å². The number of nitrogens with two attached hydrogens (primary N) is 1. The van der Waals surface area contributed by atoms with Gasteiger partial charge in [0.2, 0.25) is 10.0 Å². The average Bonchev–Trinajstić information content (AvgIpc) is 2.95. The summed E-state index contributed by atoms with van der Waals surface area (Å²) in [6, 6.07) is 1.57. The van der Waals surface area contributed by atoms with Crippen LogP contribution >= 0.6 is 11.3 Å². The lowest BCUT2D eigenvalue weighted by Crippen LogP contribution is -2.23. The Hall–Kier alpha value is -1.22. The molecule has 3 N–H and O–H groups in total. The molecule has 0 aromatic carbocycles. The van der Waals surface area contributed by atoms with Gasteiger partial charge in [0.1, 0.15) is 0 Å². The summed E-state index contributed by atoms with van der Waals surface area (Å²) in [5.41, 5.74) is 8.65. The summed E-state index contributed by atoms with van der Waals surface area (Å²) >= 11 is 1.43. The highest BCUT2D eigenvalue weighted by Gasteiger charge is 2.17. The van der Waals surface area contributed by atoms with E-state index in [4.69, 9.17) is 5.73 Å². The van der Waals surface area contributed by atoms with Crippen molar-refractivity contribution in [3.63, 3.8) is 0 Å². The van der Waals surface area contributed by atoms with Gasteiger partial charge in [0, 0.05) is 30.9 Å². The Morgan fingerprint density at radius 1 is 1.56 bits per heavy atom. The molecule has 0 bridgehead atoms. The number of nitrogens with zero attached hydrogens (tertiary/aromatic N) is 2. The average molecular weight is 286 g/mol. The third-order valence-corrected chi connectivity index (χ3v) is 4.53. The summed E-state index contributed by atoms with van der Waals surface area (Å²) in [6.45, 7) is 0.497. The van der Waals surface area contributed by atoms with E-state index >= 15 is 0 Å². The van der Waals surface area contributed by atoms with Gasteiger partial charge in [0.05, 0.1) is 22.6 Å². The lowest BCUT2D eigenvalue weighted by molar-refractivity contribution is 0.580. The monoisotopic (exact) mass is 286 g/mol. The zero-order valence-corrected chi connectivity index (χ0v) is 11.5. The van der Waals surface area contributed by atoms with Crippen molar-refractivity contribution in [1.82, 2.24) is 14.3 Å². The van der Waals surface area contributed by atoms with E-state index in [1.165, 1.54) is 11.3 Å². The molecule has 0 saturated heterocycles. The van der Waals surface area contributed by atoms with Crippen molar-refractivity contribution in [1.29, 1.82) is 0 Å². The highest BCUT2D eigenvalue weighted by atomic mass is 32.2. The number of aromatic nitrogens is 2. The van der Waals surface area contributed by atoms with Crippen LogP contribution in [0.5, 0.6) is 0 Å². The molecule has 2 rings (SSSR count). The van der Waals surface area contributed by atoms with E-state index < -0.39 is 10.0 Å². The van der Waals surface area contributed by atoms with E-state index in [-0.39, 0.29) is 11.4 Å². The second-order valence-corrected chi connectivity index (χ2v) is 6.27. The molecule has 2 heterocycles. The molecule has 0 aliphatic carbocycles. The van der Waals surface area contributed by atoms with E-state index in [0.717, 1.165) is 5.69 Å². The largest absolute Gasteiger partial charge is 0.352 e. The van der Waals surface area contributed by atoms with Crippen molar-refractivity contribution in [2.45, 2.75) is 18.0 Å². The first-order valence-corrected chi connectivity index (χ1v) is 7.67. The minimum absolute atomic E-state index is 0.193. The predicted octanol–water partition coefficient (Wildman–Crippen LogP) is 0.419. The third-order valence-electron chi connectivity index (χ3n) is 2.53. The van der Waals surface area contributed by atoms with Crippen LogP contribution in [0.4, 0.5) is 0 Å². The molecular weight excluding hydrogens is 272 g/mol. The number of hydrogen-bond donors (Lipinski definition) is 2. The Labute approximate surface area is 110 Å². The van der Waals surface area contributed by atoms with Gasteiger partial charge in [-0.25, -0.2) is 18.1 Å². The second-order valence-electron chi connectivity index (χ2n) is 3.79. The molecule has 6 nitrogen and oxygen atoms in total. The summed E-state index contributed by atoms with van der Waals surface area (Å²) in [4.78, 5) is 4.24. The zero-order valence-electron chi connectivity index (χ0n) is 9.83. The fourth-order valence-electron chi connectivity index (χ4n) is 1.50. The molecule has 0 aliphatic heterocycles. The van der Waals surface area contributed by atoms with Crippen molar-refractivity contribution in [2.75, 3.05) is 0 Å². The van der Waals surface area contributed by atoms with E-state index in [1.807, 2.05) is 0 Å². The topological polar surface area (TPSA) is 90.0 Å². The van der Waals surface area contributed by atoms with Crippen molar-refractivity contribution < 1.29 is 8.42 Å². The molecule has 0 spiro atoms. The molecule has 98 valence electrons. The fraction of sp³-hybridized carbons (Fsp3) is 0.300. The lowest BCUT2D eigenvalue weighted by atomic mass is 10.4. The summed E-state index contributed by atoms with van der Waals surface area (Å²) < 4.78 is 28.2. The Kier molecular flexibility index (Phi) is 3.81. The number of nitrogens with one attached hydrogen (secondary N) is 1. The van der Waals surface area contributed by atoms with Crippen molar-refractivity contribution in [2.24, 2.45) is 12.8 Å². The highest BCUT2D eigenvalue weighted by Crippen LogP contribution is 2.13. The van der Waals surface area contributed by atoms with E-state index in [0.29, 0.717) is 12.2 Å². The maximum absolute atomic E-state index is 12.0. The van der Waals surface area contributed by atoms with Gasteiger partial charge in [-0.15, -0.1) is 11.3 Å². The Morgan fingerprint density at radius 3 is 2.89 bits per heavy atom. The second kappa shape index (κ2) is 5.19. The predicted molar refractivity (Wildman–Crippen MR) is 69.4 cm³/mol. The van der Waals surface area contributed by atoms with Gasteiger partial charge in [-0.1, -0.05) is 0 Å². The Morgan fingerprint density at radius 2 is 2.33 bits per heavy atom. The van der Waals surface area contributed by atoms with Crippen LogP contribution in [-0.2, 0) is 30.2 Å². The summed E-state index contributed by atoms with van der Waals surface area (Å²) in [6.07, 6.45) is 1.55. The van der Waals surface area contributed by atoms with Crippen LogP contribution in [0.2, 0.25) is 0 Å². The number of rotatable bonds is 5. The van der Waals surface area contributed by atoms with E-state index in [1.54, 1.807) is 34.8 Å². The van der Waals surface area contributed by atoms with Gasteiger partial charge in [0.25, 0.3) is 0 Å².